The maximum absolute atomic E-state index is 9.15. The van der Waals surface area contributed by atoms with Crippen LogP contribution < -0.4 is 4.90 Å². The summed E-state index contributed by atoms with van der Waals surface area (Å²) in [5.74, 6) is 0.0363. The SMILES string of the molecule is CC1(C)C(C#N)CCN1c1ccc(Cl)cc1Cl. The zero-order valence-electron chi connectivity index (χ0n) is 9.87. The summed E-state index contributed by atoms with van der Waals surface area (Å²) >= 11 is 12.1. The molecule has 4 heteroatoms. The van der Waals surface area contributed by atoms with Crippen molar-refractivity contribution in [1.82, 2.24) is 0 Å². The molecule has 1 aliphatic heterocycles. The van der Waals surface area contributed by atoms with Crippen LogP contribution in [0.5, 0.6) is 0 Å². The third-order valence-electron chi connectivity index (χ3n) is 3.55. The van der Waals surface area contributed by atoms with E-state index in [4.69, 9.17) is 28.5 Å². The minimum atomic E-state index is -0.188. The molecule has 0 saturated carbocycles. The third kappa shape index (κ3) is 2.10. The maximum atomic E-state index is 9.15. The van der Waals surface area contributed by atoms with Gasteiger partial charge in [-0.3, -0.25) is 0 Å². The molecule has 2 nitrogen and oxygen atoms in total. The second kappa shape index (κ2) is 4.40. The Balaban J connectivity index is 2.39. The Labute approximate surface area is 112 Å². The highest BCUT2D eigenvalue weighted by molar-refractivity contribution is 6.36. The molecule has 0 aromatic heterocycles. The lowest BCUT2D eigenvalue weighted by molar-refractivity contribution is 0.439. The first-order chi connectivity index (χ1) is 7.96. The van der Waals surface area contributed by atoms with Gasteiger partial charge in [-0.2, -0.15) is 5.26 Å². The summed E-state index contributed by atoms with van der Waals surface area (Å²) in [6, 6.07) is 7.87. The van der Waals surface area contributed by atoms with E-state index in [-0.39, 0.29) is 11.5 Å². The van der Waals surface area contributed by atoms with Crippen LogP contribution in [0.15, 0.2) is 18.2 Å². The molecule has 90 valence electrons. The van der Waals surface area contributed by atoms with Gasteiger partial charge in [-0.05, 0) is 38.5 Å². The number of hydrogen-bond donors (Lipinski definition) is 0. The number of hydrogen-bond acceptors (Lipinski definition) is 2. The van der Waals surface area contributed by atoms with Gasteiger partial charge in [0.25, 0.3) is 0 Å². The monoisotopic (exact) mass is 268 g/mol. The molecule has 0 spiro atoms. The summed E-state index contributed by atoms with van der Waals surface area (Å²) in [6.45, 7) is 5.02. The van der Waals surface area contributed by atoms with Crippen LogP contribution in [0.2, 0.25) is 10.0 Å². The molecule has 1 fully saturated rings. The van der Waals surface area contributed by atoms with E-state index in [2.05, 4.69) is 24.8 Å². The van der Waals surface area contributed by atoms with Gasteiger partial charge in [0.05, 0.1) is 28.2 Å². The van der Waals surface area contributed by atoms with E-state index in [0.717, 1.165) is 18.7 Å². The maximum Gasteiger partial charge on any atom is 0.0706 e. The average Bonchev–Trinajstić information content (AvgIpc) is 2.54. The first-order valence-electron chi connectivity index (χ1n) is 5.59. The van der Waals surface area contributed by atoms with Gasteiger partial charge in [-0.25, -0.2) is 0 Å². The van der Waals surface area contributed by atoms with Gasteiger partial charge < -0.3 is 4.90 Å². The van der Waals surface area contributed by atoms with Crippen LogP contribution in [-0.2, 0) is 0 Å². The topological polar surface area (TPSA) is 27.0 Å². The molecule has 1 unspecified atom stereocenters. The van der Waals surface area contributed by atoms with Gasteiger partial charge >= 0.3 is 0 Å². The highest BCUT2D eigenvalue weighted by atomic mass is 35.5. The van der Waals surface area contributed by atoms with Crippen molar-refractivity contribution in [2.75, 3.05) is 11.4 Å². The molecule has 1 aromatic rings. The lowest BCUT2D eigenvalue weighted by Gasteiger charge is -2.36. The zero-order chi connectivity index (χ0) is 12.6. The highest BCUT2D eigenvalue weighted by Crippen LogP contribution is 2.41. The molecule has 1 aliphatic rings. The predicted molar refractivity (Wildman–Crippen MR) is 71.6 cm³/mol. The largest absolute Gasteiger partial charge is 0.364 e. The number of halogens is 2. The minimum absolute atomic E-state index is 0.0363. The average molecular weight is 269 g/mol. The van der Waals surface area contributed by atoms with Crippen LogP contribution in [0.1, 0.15) is 20.3 Å². The van der Waals surface area contributed by atoms with Crippen molar-refractivity contribution in [1.29, 1.82) is 5.26 Å². The molecule has 17 heavy (non-hydrogen) atoms. The van der Waals surface area contributed by atoms with Crippen molar-refractivity contribution in [3.63, 3.8) is 0 Å². The van der Waals surface area contributed by atoms with Crippen molar-refractivity contribution < 1.29 is 0 Å². The molecular formula is C13H14Cl2N2. The second-order valence-corrected chi connectivity index (χ2v) is 5.72. The van der Waals surface area contributed by atoms with E-state index in [1.54, 1.807) is 6.07 Å². The zero-order valence-corrected chi connectivity index (χ0v) is 11.4. The number of benzene rings is 1. The first kappa shape index (κ1) is 12.5. The van der Waals surface area contributed by atoms with Crippen LogP contribution in [0.25, 0.3) is 0 Å². The van der Waals surface area contributed by atoms with E-state index < -0.39 is 0 Å². The Morgan fingerprint density at radius 2 is 2.12 bits per heavy atom. The number of rotatable bonds is 1. The Morgan fingerprint density at radius 1 is 1.41 bits per heavy atom. The molecule has 0 aliphatic carbocycles. The van der Waals surface area contributed by atoms with Crippen LogP contribution in [-0.4, -0.2) is 12.1 Å². The van der Waals surface area contributed by atoms with Crippen LogP contribution in [0, 0.1) is 17.2 Å². The quantitative estimate of drug-likeness (QED) is 0.766. The lowest BCUT2D eigenvalue weighted by Crippen LogP contribution is -2.42. The highest BCUT2D eigenvalue weighted by Gasteiger charge is 2.42. The molecule has 1 saturated heterocycles. The van der Waals surface area contributed by atoms with Gasteiger partial charge in [0.2, 0.25) is 0 Å². The van der Waals surface area contributed by atoms with Crippen LogP contribution in [0.3, 0.4) is 0 Å². The molecule has 0 bridgehead atoms. The number of anilines is 1. The molecule has 0 N–H and O–H groups in total. The predicted octanol–water partition coefficient (Wildman–Crippen LogP) is 4.12. The fourth-order valence-electron chi connectivity index (χ4n) is 2.44. The molecule has 1 heterocycles. The standard InChI is InChI=1S/C13H14Cl2N2/c1-13(2)9(8-16)5-6-17(13)12-4-3-10(14)7-11(12)15/h3-4,7,9H,5-6H2,1-2H3. The second-order valence-electron chi connectivity index (χ2n) is 4.87. The lowest BCUT2D eigenvalue weighted by atomic mass is 9.89. The van der Waals surface area contributed by atoms with Crippen LogP contribution in [0.4, 0.5) is 5.69 Å². The van der Waals surface area contributed by atoms with E-state index in [9.17, 15) is 0 Å². The van der Waals surface area contributed by atoms with Gasteiger partial charge in [-0.1, -0.05) is 23.2 Å². The Kier molecular flexibility index (Phi) is 3.25. The molecule has 0 radical (unpaired) electrons. The molecular weight excluding hydrogens is 255 g/mol. The number of nitrogens with zero attached hydrogens (tertiary/aromatic N) is 2. The minimum Gasteiger partial charge on any atom is -0.364 e. The third-order valence-corrected chi connectivity index (χ3v) is 4.08. The molecule has 2 rings (SSSR count). The Bertz CT molecular complexity index is 477. The van der Waals surface area contributed by atoms with E-state index in [1.165, 1.54) is 0 Å². The van der Waals surface area contributed by atoms with E-state index in [1.807, 2.05) is 12.1 Å². The normalized spacial score (nSPS) is 22.5. The van der Waals surface area contributed by atoms with Crippen molar-refractivity contribution in [2.24, 2.45) is 5.92 Å². The summed E-state index contributed by atoms with van der Waals surface area (Å²) in [7, 11) is 0. The summed E-state index contributed by atoms with van der Waals surface area (Å²) in [4.78, 5) is 2.19. The van der Waals surface area contributed by atoms with Crippen LogP contribution >= 0.6 is 23.2 Å². The summed E-state index contributed by atoms with van der Waals surface area (Å²) in [5, 5.41) is 10.4. The van der Waals surface area contributed by atoms with Gasteiger partial charge in [0.1, 0.15) is 0 Å². The first-order valence-corrected chi connectivity index (χ1v) is 6.34. The Hall–Kier alpha value is -0.910. The fourth-order valence-corrected chi connectivity index (χ4v) is 2.95. The summed E-state index contributed by atoms with van der Waals surface area (Å²) in [6.07, 6.45) is 0.877. The van der Waals surface area contributed by atoms with Crippen molar-refractivity contribution >= 4 is 28.9 Å². The van der Waals surface area contributed by atoms with Gasteiger partial charge in [0, 0.05) is 11.6 Å². The number of nitriles is 1. The van der Waals surface area contributed by atoms with Crippen molar-refractivity contribution in [3.05, 3.63) is 28.2 Å². The fraction of sp³-hybridized carbons (Fsp3) is 0.462. The smallest absolute Gasteiger partial charge is 0.0706 e. The summed E-state index contributed by atoms with van der Waals surface area (Å²) < 4.78 is 0. The summed E-state index contributed by atoms with van der Waals surface area (Å²) in [5.41, 5.74) is 0.769. The molecule has 1 atom stereocenters. The molecule has 1 aromatic carbocycles. The van der Waals surface area contributed by atoms with Crippen molar-refractivity contribution in [3.8, 4) is 6.07 Å². The molecule has 0 amide bonds. The van der Waals surface area contributed by atoms with Crippen molar-refractivity contribution in [2.45, 2.75) is 25.8 Å². The van der Waals surface area contributed by atoms with E-state index in [0.29, 0.717) is 10.0 Å². The Morgan fingerprint density at radius 3 is 2.65 bits per heavy atom. The van der Waals surface area contributed by atoms with Gasteiger partial charge in [-0.15, -0.1) is 0 Å². The van der Waals surface area contributed by atoms with E-state index >= 15 is 0 Å². The van der Waals surface area contributed by atoms with Gasteiger partial charge in [0.15, 0.2) is 0 Å².